The first kappa shape index (κ1) is 10.2. The van der Waals surface area contributed by atoms with Crippen molar-refractivity contribution in [3.05, 3.63) is 32.9 Å². The zero-order chi connectivity index (χ0) is 10.1. The van der Waals surface area contributed by atoms with Gasteiger partial charge >= 0.3 is 0 Å². The normalized spacial score (nSPS) is 20.5. The third kappa shape index (κ3) is 2.19. The van der Waals surface area contributed by atoms with Gasteiger partial charge in [0.25, 0.3) is 0 Å². The summed E-state index contributed by atoms with van der Waals surface area (Å²) in [5.74, 6) is 0. The molecule has 1 aromatic rings. The van der Waals surface area contributed by atoms with Crippen molar-refractivity contribution in [1.82, 2.24) is 9.97 Å². The van der Waals surface area contributed by atoms with Crippen LogP contribution < -0.4 is 0 Å². The van der Waals surface area contributed by atoms with Crippen LogP contribution in [0.4, 0.5) is 0 Å². The summed E-state index contributed by atoms with van der Waals surface area (Å²) in [5.41, 5.74) is 0.695. The second-order valence-electron chi connectivity index (χ2n) is 2.73. The van der Waals surface area contributed by atoms with Gasteiger partial charge in [-0.1, -0.05) is 11.6 Å². The molecular weight excluding hydrogens is 291 g/mol. The van der Waals surface area contributed by atoms with E-state index in [1.54, 1.807) is 6.07 Å². The molecule has 0 aliphatic carbocycles. The Balaban J connectivity index is 2.25. The lowest BCUT2D eigenvalue weighted by molar-refractivity contribution is 0.162. The highest BCUT2D eigenvalue weighted by molar-refractivity contribution is 9.11. The Morgan fingerprint density at radius 2 is 2.21 bits per heavy atom. The van der Waals surface area contributed by atoms with Gasteiger partial charge in [0.05, 0.1) is 5.69 Å². The van der Waals surface area contributed by atoms with Crippen LogP contribution in [-0.2, 0) is 4.74 Å². The lowest BCUT2D eigenvalue weighted by atomic mass is 10.2. The van der Waals surface area contributed by atoms with Crippen molar-refractivity contribution < 1.29 is 4.74 Å². The van der Waals surface area contributed by atoms with Crippen LogP contribution in [0.5, 0.6) is 0 Å². The first-order valence-electron chi connectivity index (χ1n) is 3.87. The summed E-state index contributed by atoms with van der Waals surface area (Å²) in [6.45, 7) is 0. The van der Waals surface area contributed by atoms with E-state index in [-0.39, 0.29) is 11.4 Å². The van der Waals surface area contributed by atoms with Crippen LogP contribution in [0.25, 0.3) is 0 Å². The van der Waals surface area contributed by atoms with Gasteiger partial charge in [-0.25, -0.2) is 9.97 Å². The van der Waals surface area contributed by atoms with Gasteiger partial charge in [0, 0.05) is 12.5 Å². The Kier molecular flexibility index (Phi) is 2.95. The number of nitrogens with zero attached hydrogens (tertiary/aromatic N) is 2. The second kappa shape index (κ2) is 4.04. The summed E-state index contributed by atoms with van der Waals surface area (Å²) >= 11 is 14.7. The molecular formula is C8H5BrCl2N2O. The Bertz CT molecular complexity index is 377. The molecule has 14 heavy (non-hydrogen) atoms. The number of aromatic nitrogens is 2. The van der Waals surface area contributed by atoms with Crippen LogP contribution in [-0.4, -0.2) is 9.97 Å². The number of hydrogen-bond donors (Lipinski definition) is 0. The predicted molar refractivity (Wildman–Crippen MR) is 57.5 cm³/mol. The number of rotatable bonds is 1. The van der Waals surface area contributed by atoms with Gasteiger partial charge in [0.1, 0.15) is 11.3 Å². The largest absolute Gasteiger partial charge is 0.477 e. The maximum absolute atomic E-state index is 5.75. The molecule has 0 bridgehead atoms. The second-order valence-corrected chi connectivity index (χ2v) is 4.24. The summed E-state index contributed by atoms with van der Waals surface area (Å²) in [7, 11) is 0. The van der Waals surface area contributed by atoms with Crippen LogP contribution in [0.2, 0.25) is 10.4 Å². The summed E-state index contributed by atoms with van der Waals surface area (Å²) in [4.78, 5) is 7.80. The van der Waals surface area contributed by atoms with E-state index in [1.165, 1.54) is 0 Å². The Hall–Kier alpha value is -0.320. The zero-order valence-electron chi connectivity index (χ0n) is 6.88. The van der Waals surface area contributed by atoms with Gasteiger partial charge in [-0.3, -0.25) is 0 Å². The lowest BCUT2D eigenvalue weighted by Crippen LogP contribution is -2.00. The third-order valence-corrected chi connectivity index (χ3v) is 2.64. The van der Waals surface area contributed by atoms with E-state index in [0.29, 0.717) is 15.5 Å². The molecule has 0 N–H and O–H groups in total. The average molecular weight is 296 g/mol. The van der Waals surface area contributed by atoms with Crippen molar-refractivity contribution in [2.75, 3.05) is 0 Å². The van der Waals surface area contributed by atoms with E-state index in [1.807, 2.05) is 6.08 Å². The van der Waals surface area contributed by atoms with Gasteiger partial charge in [0.2, 0.25) is 5.28 Å². The molecule has 1 unspecified atom stereocenters. The smallest absolute Gasteiger partial charge is 0.224 e. The predicted octanol–water partition coefficient (Wildman–Crippen LogP) is 3.48. The van der Waals surface area contributed by atoms with E-state index in [9.17, 15) is 0 Å². The molecule has 1 atom stereocenters. The van der Waals surface area contributed by atoms with Crippen molar-refractivity contribution in [2.45, 2.75) is 12.5 Å². The molecule has 74 valence electrons. The van der Waals surface area contributed by atoms with Crippen LogP contribution in [0.1, 0.15) is 18.2 Å². The van der Waals surface area contributed by atoms with E-state index < -0.39 is 0 Å². The van der Waals surface area contributed by atoms with Gasteiger partial charge in [-0.2, -0.15) is 0 Å². The summed E-state index contributed by atoms with van der Waals surface area (Å²) in [6, 6.07) is 1.65. The standard InChI is InChI=1S/C8H5BrCl2N2O/c9-6-2-1-5(14-6)4-3-7(10)13-8(11)12-4/h2-3,5H,1H2. The van der Waals surface area contributed by atoms with Gasteiger partial charge in [-0.05, 0) is 33.6 Å². The van der Waals surface area contributed by atoms with Crippen molar-refractivity contribution in [3.63, 3.8) is 0 Å². The van der Waals surface area contributed by atoms with Crippen LogP contribution >= 0.6 is 39.1 Å². The highest BCUT2D eigenvalue weighted by atomic mass is 79.9. The van der Waals surface area contributed by atoms with E-state index >= 15 is 0 Å². The topological polar surface area (TPSA) is 35.0 Å². The molecule has 0 fully saturated rings. The first-order valence-corrected chi connectivity index (χ1v) is 5.42. The zero-order valence-corrected chi connectivity index (χ0v) is 9.97. The minimum absolute atomic E-state index is 0.123. The molecule has 6 heteroatoms. The lowest BCUT2D eigenvalue weighted by Gasteiger charge is -2.10. The van der Waals surface area contributed by atoms with Crippen molar-refractivity contribution >= 4 is 39.1 Å². The minimum Gasteiger partial charge on any atom is -0.477 e. The van der Waals surface area contributed by atoms with Gasteiger partial charge in [-0.15, -0.1) is 0 Å². The summed E-state index contributed by atoms with van der Waals surface area (Å²) in [6.07, 6.45) is 2.56. The quantitative estimate of drug-likeness (QED) is 0.588. The molecule has 2 heterocycles. The van der Waals surface area contributed by atoms with Crippen molar-refractivity contribution in [3.8, 4) is 0 Å². The van der Waals surface area contributed by atoms with Gasteiger partial charge < -0.3 is 4.74 Å². The first-order chi connectivity index (χ1) is 6.65. The molecule has 1 aliphatic heterocycles. The van der Waals surface area contributed by atoms with Crippen molar-refractivity contribution in [1.29, 1.82) is 0 Å². The molecule has 0 aromatic carbocycles. The fraction of sp³-hybridized carbons (Fsp3) is 0.250. The fourth-order valence-electron chi connectivity index (χ4n) is 1.18. The SMILES string of the molecule is Clc1cc(C2CC=C(Br)O2)nc(Cl)n1. The van der Waals surface area contributed by atoms with Crippen LogP contribution in [0, 0.1) is 0 Å². The third-order valence-electron chi connectivity index (χ3n) is 1.76. The average Bonchev–Trinajstić information content (AvgIpc) is 2.50. The highest BCUT2D eigenvalue weighted by Gasteiger charge is 2.20. The number of halogens is 3. The van der Waals surface area contributed by atoms with E-state index in [2.05, 4.69) is 25.9 Å². The molecule has 3 nitrogen and oxygen atoms in total. The maximum atomic E-state index is 5.75. The number of hydrogen-bond acceptors (Lipinski definition) is 3. The van der Waals surface area contributed by atoms with Crippen molar-refractivity contribution in [2.24, 2.45) is 0 Å². The summed E-state index contributed by atoms with van der Waals surface area (Å²) < 4.78 is 6.14. The van der Waals surface area contributed by atoms with Crippen LogP contribution in [0.3, 0.4) is 0 Å². The Morgan fingerprint density at radius 3 is 2.79 bits per heavy atom. The van der Waals surface area contributed by atoms with Gasteiger partial charge in [0.15, 0.2) is 4.67 Å². The van der Waals surface area contributed by atoms with E-state index in [4.69, 9.17) is 27.9 Å². The van der Waals surface area contributed by atoms with Crippen LogP contribution in [0.15, 0.2) is 16.8 Å². The van der Waals surface area contributed by atoms with E-state index in [0.717, 1.165) is 6.42 Å². The maximum Gasteiger partial charge on any atom is 0.224 e. The number of ether oxygens (including phenoxy) is 1. The molecule has 0 amide bonds. The Morgan fingerprint density at radius 1 is 1.43 bits per heavy atom. The molecule has 0 saturated carbocycles. The highest BCUT2D eigenvalue weighted by Crippen LogP contribution is 2.33. The molecule has 2 rings (SSSR count). The monoisotopic (exact) mass is 294 g/mol. The molecule has 1 aromatic heterocycles. The molecule has 0 spiro atoms. The minimum atomic E-state index is -0.123. The fourth-order valence-corrected chi connectivity index (χ4v) is 2.02. The molecule has 0 radical (unpaired) electrons. The Labute approximate surface area is 99.2 Å². The summed E-state index contributed by atoms with van der Waals surface area (Å²) in [5, 5.41) is 0.464. The molecule has 1 aliphatic rings. The molecule has 0 saturated heterocycles.